The van der Waals surface area contributed by atoms with E-state index in [-0.39, 0.29) is 12.1 Å². The quantitative estimate of drug-likeness (QED) is 0.854. The lowest BCUT2D eigenvalue weighted by atomic mass is 10.2. The number of hydrogen-bond donors (Lipinski definition) is 2. The van der Waals surface area contributed by atoms with Gasteiger partial charge in [0.15, 0.2) is 0 Å². The molecule has 0 radical (unpaired) electrons. The molecule has 7 heteroatoms. The van der Waals surface area contributed by atoms with Crippen molar-refractivity contribution in [1.29, 1.82) is 0 Å². The van der Waals surface area contributed by atoms with Crippen molar-refractivity contribution in [3.63, 3.8) is 0 Å². The van der Waals surface area contributed by atoms with Crippen molar-refractivity contribution in [3.05, 3.63) is 42.5 Å². The Morgan fingerprint density at radius 1 is 1.41 bits per heavy atom. The lowest BCUT2D eigenvalue weighted by Crippen LogP contribution is -2.36. The van der Waals surface area contributed by atoms with Gasteiger partial charge in [-0.25, -0.2) is 9.78 Å². The highest BCUT2D eigenvalue weighted by Gasteiger charge is 2.18. The Kier molecular flexibility index (Phi) is 5.37. The van der Waals surface area contributed by atoms with Crippen LogP contribution < -0.4 is 15.4 Å². The van der Waals surface area contributed by atoms with Crippen LogP contribution in [0.1, 0.15) is 11.8 Å². The molecule has 2 N–H and O–H groups in total. The molecule has 2 aromatic rings. The zero-order valence-electron chi connectivity index (χ0n) is 12.9. The van der Waals surface area contributed by atoms with E-state index in [1.165, 1.54) is 7.11 Å². The van der Waals surface area contributed by atoms with Gasteiger partial charge >= 0.3 is 6.03 Å². The molecule has 0 fully saturated rings. The highest BCUT2D eigenvalue weighted by Crippen LogP contribution is 2.20. The second-order valence-electron chi connectivity index (χ2n) is 4.89. The normalized spacial score (nSPS) is 12.0. The second-order valence-corrected chi connectivity index (χ2v) is 4.89. The number of nitrogens with zero attached hydrogens (tertiary/aromatic N) is 2. The van der Waals surface area contributed by atoms with Crippen LogP contribution in [0, 0.1) is 0 Å². The molecule has 2 aromatic heterocycles. The number of likely N-dealkylation sites (N-methyl/N-ethyl adjacent to an activating group) is 1. The Morgan fingerprint density at radius 3 is 2.86 bits per heavy atom. The summed E-state index contributed by atoms with van der Waals surface area (Å²) in [5, 5.41) is 5.53. The molecule has 0 spiro atoms. The number of methoxy groups -OCH3 is 1. The summed E-state index contributed by atoms with van der Waals surface area (Å²) in [5.74, 6) is 1.16. The maximum atomic E-state index is 12.0. The van der Waals surface area contributed by atoms with Gasteiger partial charge in [0, 0.05) is 12.7 Å². The van der Waals surface area contributed by atoms with Gasteiger partial charge < -0.3 is 19.8 Å². The number of carbonyl (C=O) groups excluding carboxylic acids is 1. The van der Waals surface area contributed by atoms with Gasteiger partial charge in [-0.05, 0) is 38.4 Å². The number of hydrogen-bond acceptors (Lipinski definition) is 5. The van der Waals surface area contributed by atoms with Gasteiger partial charge in [0.25, 0.3) is 0 Å². The number of amides is 2. The van der Waals surface area contributed by atoms with Gasteiger partial charge in [-0.2, -0.15) is 0 Å². The lowest BCUT2D eigenvalue weighted by Gasteiger charge is -2.22. The summed E-state index contributed by atoms with van der Waals surface area (Å²) in [6.07, 6.45) is 3.22. The van der Waals surface area contributed by atoms with Crippen molar-refractivity contribution < 1.29 is 13.9 Å². The number of carbonyl (C=O) groups is 1. The molecule has 0 saturated heterocycles. The van der Waals surface area contributed by atoms with E-state index in [9.17, 15) is 4.79 Å². The predicted octanol–water partition coefficient (Wildman–Crippen LogP) is 2.11. The molecular weight excluding hydrogens is 284 g/mol. The van der Waals surface area contributed by atoms with Crippen LogP contribution in [0.3, 0.4) is 0 Å². The van der Waals surface area contributed by atoms with Crippen LogP contribution >= 0.6 is 0 Å². The van der Waals surface area contributed by atoms with E-state index in [4.69, 9.17) is 9.15 Å². The molecule has 0 aromatic carbocycles. The molecule has 0 aliphatic heterocycles. The molecular formula is C15H20N4O3. The third-order valence-corrected chi connectivity index (χ3v) is 3.16. The first-order chi connectivity index (χ1) is 10.6. The molecule has 0 bridgehead atoms. The van der Waals surface area contributed by atoms with Gasteiger partial charge in [0.2, 0.25) is 5.88 Å². The highest BCUT2D eigenvalue weighted by molar-refractivity contribution is 5.90. The predicted molar refractivity (Wildman–Crippen MR) is 82.9 cm³/mol. The minimum atomic E-state index is -0.329. The van der Waals surface area contributed by atoms with Gasteiger partial charge in [0.05, 0.1) is 19.4 Å². The molecule has 0 aliphatic carbocycles. The Morgan fingerprint density at radius 2 is 2.23 bits per heavy atom. The van der Waals surface area contributed by atoms with Crippen molar-refractivity contribution in [2.45, 2.75) is 6.04 Å². The van der Waals surface area contributed by atoms with Crippen molar-refractivity contribution in [3.8, 4) is 5.88 Å². The van der Waals surface area contributed by atoms with Crippen LogP contribution in [-0.4, -0.2) is 43.7 Å². The molecule has 7 nitrogen and oxygen atoms in total. The largest absolute Gasteiger partial charge is 0.480 e. The van der Waals surface area contributed by atoms with Gasteiger partial charge in [-0.3, -0.25) is 4.90 Å². The van der Waals surface area contributed by atoms with Crippen molar-refractivity contribution in [1.82, 2.24) is 15.2 Å². The highest BCUT2D eigenvalue weighted by atomic mass is 16.5. The summed E-state index contributed by atoms with van der Waals surface area (Å²) >= 11 is 0. The number of ether oxygens (including phenoxy) is 1. The van der Waals surface area contributed by atoms with Gasteiger partial charge in [0.1, 0.15) is 11.4 Å². The number of pyridine rings is 1. The molecule has 2 rings (SSSR count). The molecule has 118 valence electrons. The molecule has 2 amide bonds. The summed E-state index contributed by atoms with van der Waals surface area (Å²) in [6, 6.07) is 6.78. The molecule has 0 saturated carbocycles. The monoisotopic (exact) mass is 304 g/mol. The molecule has 1 unspecified atom stereocenters. The number of urea groups is 1. The maximum Gasteiger partial charge on any atom is 0.319 e. The van der Waals surface area contributed by atoms with Crippen molar-refractivity contribution in [2.75, 3.05) is 33.1 Å². The van der Waals surface area contributed by atoms with E-state index in [2.05, 4.69) is 15.6 Å². The minimum Gasteiger partial charge on any atom is -0.480 e. The number of rotatable bonds is 6. The first-order valence-electron chi connectivity index (χ1n) is 6.85. The van der Waals surface area contributed by atoms with Gasteiger partial charge in [-0.15, -0.1) is 0 Å². The zero-order valence-corrected chi connectivity index (χ0v) is 12.9. The fourth-order valence-electron chi connectivity index (χ4n) is 2.02. The van der Waals surface area contributed by atoms with E-state index in [1.54, 1.807) is 24.6 Å². The van der Waals surface area contributed by atoms with Crippen LogP contribution in [0.4, 0.5) is 10.5 Å². The van der Waals surface area contributed by atoms with Crippen LogP contribution in [-0.2, 0) is 0 Å². The molecule has 0 aliphatic rings. The minimum absolute atomic E-state index is 0.0449. The van der Waals surface area contributed by atoms with Gasteiger partial charge in [-0.1, -0.05) is 0 Å². The summed E-state index contributed by atoms with van der Waals surface area (Å²) in [7, 11) is 5.36. The average Bonchev–Trinajstić information content (AvgIpc) is 3.01. The Balaban J connectivity index is 1.94. The standard InChI is InChI=1S/C15H20N4O3/c1-19(2)12(13-7-5-9-22-13)10-17-15(20)18-11-6-4-8-16-14(11)21-3/h4-9,12H,10H2,1-3H3,(H2,17,18,20). The first kappa shape index (κ1) is 15.8. The van der Waals surface area contributed by atoms with Crippen LogP contribution in [0.15, 0.2) is 41.1 Å². The van der Waals surface area contributed by atoms with Crippen molar-refractivity contribution in [2.24, 2.45) is 0 Å². The van der Waals surface area contributed by atoms with E-state index in [1.807, 2.05) is 31.1 Å². The second kappa shape index (κ2) is 7.46. The summed E-state index contributed by atoms with van der Waals surface area (Å²) in [5.41, 5.74) is 0.516. The number of nitrogens with one attached hydrogen (secondary N) is 2. The fourth-order valence-corrected chi connectivity index (χ4v) is 2.02. The van der Waals surface area contributed by atoms with E-state index in [0.29, 0.717) is 18.1 Å². The van der Waals surface area contributed by atoms with E-state index < -0.39 is 0 Å². The molecule has 22 heavy (non-hydrogen) atoms. The molecule has 2 heterocycles. The Hall–Kier alpha value is -2.54. The average molecular weight is 304 g/mol. The summed E-state index contributed by atoms with van der Waals surface area (Å²) in [4.78, 5) is 18.0. The van der Waals surface area contributed by atoms with Crippen LogP contribution in [0.25, 0.3) is 0 Å². The number of aromatic nitrogens is 1. The maximum absolute atomic E-state index is 12.0. The number of furan rings is 1. The fraction of sp³-hybridized carbons (Fsp3) is 0.333. The first-order valence-corrected chi connectivity index (χ1v) is 6.85. The van der Waals surface area contributed by atoms with Crippen molar-refractivity contribution >= 4 is 11.7 Å². The Bertz CT molecular complexity index is 599. The smallest absolute Gasteiger partial charge is 0.319 e. The number of anilines is 1. The summed E-state index contributed by atoms with van der Waals surface area (Å²) < 4.78 is 10.5. The zero-order chi connectivity index (χ0) is 15.9. The van der Waals surface area contributed by atoms with Crippen LogP contribution in [0.2, 0.25) is 0 Å². The molecule has 1 atom stereocenters. The lowest BCUT2D eigenvalue weighted by molar-refractivity contribution is 0.233. The van der Waals surface area contributed by atoms with Crippen LogP contribution in [0.5, 0.6) is 5.88 Å². The van der Waals surface area contributed by atoms with E-state index >= 15 is 0 Å². The van der Waals surface area contributed by atoms with E-state index in [0.717, 1.165) is 5.76 Å². The SMILES string of the molecule is COc1ncccc1NC(=O)NCC(c1ccco1)N(C)C. The summed E-state index contributed by atoms with van der Waals surface area (Å²) in [6.45, 7) is 0.412. The third kappa shape index (κ3) is 3.98. The Labute approximate surface area is 129 Å². The third-order valence-electron chi connectivity index (χ3n) is 3.16. The topological polar surface area (TPSA) is 79.6 Å².